The van der Waals surface area contributed by atoms with Crippen LogP contribution in [0, 0.1) is 0 Å². The Morgan fingerprint density at radius 3 is 2.93 bits per heavy atom. The van der Waals surface area contributed by atoms with E-state index in [0.717, 1.165) is 52.4 Å². The molecular formula is C19H30N6O3. The molecule has 2 fully saturated rings. The van der Waals surface area contributed by atoms with Gasteiger partial charge in [0.2, 0.25) is 5.89 Å². The van der Waals surface area contributed by atoms with Gasteiger partial charge in [0.15, 0.2) is 5.82 Å². The van der Waals surface area contributed by atoms with Crippen molar-refractivity contribution in [2.45, 2.75) is 44.9 Å². The van der Waals surface area contributed by atoms with Crippen molar-refractivity contribution in [2.75, 3.05) is 46.5 Å². The van der Waals surface area contributed by atoms with E-state index in [1.165, 1.54) is 17.7 Å². The Labute approximate surface area is 165 Å². The van der Waals surface area contributed by atoms with E-state index in [1.54, 1.807) is 7.11 Å². The van der Waals surface area contributed by atoms with Crippen molar-refractivity contribution in [3.8, 4) is 0 Å². The summed E-state index contributed by atoms with van der Waals surface area (Å²) in [7, 11) is 1.65. The minimum atomic E-state index is -0.153. The number of hydrogen-bond acceptors (Lipinski definition) is 8. The Morgan fingerprint density at radius 1 is 1.25 bits per heavy atom. The SMILES string of the molecule is CO[C@@H](C)c1noc(CN2CCC[C@H](c3[nH]ncc3CN3CCOCC3)C2)n1. The molecule has 154 valence electrons. The minimum Gasteiger partial charge on any atom is -0.379 e. The number of rotatable bonds is 7. The number of piperidine rings is 1. The number of likely N-dealkylation sites (tertiary alicyclic amines) is 1. The predicted molar refractivity (Wildman–Crippen MR) is 102 cm³/mol. The molecule has 0 radical (unpaired) electrons. The molecule has 2 aliphatic heterocycles. The van der Waals surface area contributed by atoms with Gasteiger partial charge in [-0.3, -0.25) is 14.9 Å². The van der Waals surface area contributed by atoms with Crippen LogP contribution in [0.1, 0.15) is 54.8 Å². The lowest BCUT2D eigenvalue weighted by Gasteiger charge is -2.32. The normalized spacial score (nSPS) is 23.1. The summed E-state index contributed by atoms with van der Waals surface area (Å²) in [5.41, 5.74) is 2.58. The molecule has 4 heterocycles. The highest BCUT2D eigenvalue weighted by Crippen LogP contribution is 2.29. The second-order valence-corrected chi connectivity index (χ2v) is 7.70. The Kier molecular flexibility index (Phi) is 6.36. The molecule has 4 rings (SSSR count). The molecule has 0 aromatic carbocycles. The van der Waals surface area contributed by atoms with Crippen LogP contribution in [0.2, 0.25) is 0 Å². The molecule has 0 bridgehead atoms. The number of H-pyrrole nitrogens is 1. The zero-order chi connectivity index (χ0) is 19.3. The van der Waals surface area contributed by atoms with Gasteiger partial charge >= 0.3 is 0 Å². The van der Waals surface area contributed by atoms with Crippen molar-refractivity contribution < 1.29 is 14.0 Å². The fourth-order valence-electron chi connectivity index (χ4n) is 4.03. The van der Waals surface area contributed by atoms with Gasteiger partial charge < -0.3 is 14.0 Å². The average molecular weight is 390 g/mol. The summed E-state index contributed by atoms with van der Waals surface area (Å²) in [5.74, 6) is 1.71. The number of hydrogen-bond donors (Lipinski definition) is 1. The van der Waals surface area contributed by atoms with Crippen LogP contribution in [0.3, 0.4) is 0 Å². The summed E-state index contributed by atoms with van der Waals surface area (Å²) in [6.07, 6.45) is 4.15. The highest BCUT2D eigenvalue weighted by molar-refractivity contribution is 5.21. The third kappa shape index (κ3) is 4.60. The van der Waals surface area contributed by atoms with E-state index in [-0.39, 0.29) is 6.10 Å². The van der Waals surface area contributed by atoms with Crippen molar-refractivity contribution in [2.24, 2.45) is 0 Å². The first-order valence-corrected chi connectivity index (χ1v) is 10.1. The van der Waals surface area contributed by atoms with Gasteiger partial charge in [0.25, 0.3) is 0 Å². The van der Waals surface area contributed by atoms with E-state index >= 15 is 0 Å². The van der Waals surface area contributed by atoms with Crippen LogP contribution < -0.4 is 0 Å². The van der Waals surface area contributed by atoms with Crippen LogP contribution in [-0.2, 0) is 22.6 Å². The quantitative estimate of drug-likeness (QED) is 0.764. The summed E-state index contributed by atoms with van der Waals surface area (Å²) in [6.45, 7) is 9.15. The van der Waals surface area contributed by atoms with E-state index in [9.17, 15) is 0 Å². The maximum atomic E-state index is 5.46. The Balaban J connectivity index is 1.37. The molecule has 9 heteroatoms. The van der Waals surface area contributed by atoms with Crippen molar-refractivity contribution in [1.29, 1.82) is 0 Å². The molecule has 2 atom stereocenters. The fraction of sp³-hybridized carbons (Fsp3) is 0.737. The molecule has 2 aromatic rings. The van der Waals surface area contributed by atoms with Crippen LogP contribution in [0.4, 0.5) is 0 Å². The van der Waals surface area contributed by atoms with Gasteiger partial charge in [-0.1, -0.05) is 5.16 Å². The van der Waals surface area contributed by atoms with Crippen molar-refractivity contribution >= 4 is 0 Å². The molecule has 28 heavy (non-hydrogen) atoms. The fourth-order valence-corrected chi connectivity index (χ4v) is 4.03. The van der Waals surface area contributed by atoms with Crippen molar-refractivity contribution in [1.82, 2.24) is 30.1 Å². The molecule has 0 aliphatic carbocycles. The minimum absolute atomic E-state index is 0.153. The maximum Gasteiger partial charge on any atom is 0.240 e. The van der Waals surface area contributed by atoms with Crippen molar-refractivity contribution in [3.05, 3.63) is 29.2 Å². The molecule has 9 nitrogen and oxygen atoms in total. The number of aromatic amines is 1. The lowest BCUT2D eigenvalue weighted by Crippen LogP contribution is -2.37. The lowest BCUT2D eigenvalue weighted by atomic mass is 9.92. The number of nitrogens with zero attached hydrogens (tertiary/aromatic N) is 5. The number of nitrogens with one attached hydrogen (secondary N) is 1. The summed E-state index contributed by atoms with van der Waals surface area (Å²) in [6, 6.07) is 0. The van der Waals surface area contributed by atoms with Gasteiger partial charge in [0.05, 0.1) is 26.0 Å². The molecule has 1 N–H and O–H groups in total. The van der Waals surface area contributed by atoms with Crippen LogP contribution in [0.5, 0.6) is 0 Å². The third-order valence-corrected chi connectivity index (χ3v) is 5.72. The summed E-state index contributed by atoms with van der Waals surface area (Å²) < 4.78 is 16.1. The highest BCUT2D eigenvalue weighted by Gasteiger charge is 2.27. The summed E-state index contributed by atoms with van der Waals surface area (Å²) >= 11 is 0. The lowest BCUT2D eigenvalue weighted by molar-refractivity contribution is 0.0339. The molecule has 0 spiro atoms. The molecule has 0 amide bonds. The van der Waals surface area contributed by atoms with Gasteiger partial charge in [-0.2, -0.15) is 10.1 Å². The molecular weight excluding hydrogens is 360 g/mol. The van der Waals surface area contributed by atoms with E-state index in [2.05, 4.69) is 30.1 Å². The first-order valence-electron chi connectivity index (χ1n) is 10.1. The van der Waals surface area contributed by atoms with E-state index in [1.807, 2.05) is 13.1 Å². The molecule has 2 aliphatic rings. The first-order chi connectivity index (χ1) is 13.7. The number of ether oxygens (including phenoxy) is 2. The average Bonchev–Trinajstić information content (AvgIpc) is 3.38. The highest BCUT2D eigenvalue weighted by atomic mass is 16.5. The van der Waals surface area contributed by atoms with Gasteiger partial charge in [-0.15, -0.1) is 0 Å². The van der Waals surface area contributed by atoms with Crippen molar-refractivity contribution in [3.63, 3.8) is 0 Å². The van der Waals surface area contributed by atoms with Gasteiger partial charge in [-0.05, 0) is 26.3 Å². The maximum absolute atomic E-state index is 5.46. The van der Waals surface area contributed by atoms with Gasteiger partial charge in [-0.25, -0.2) is 0 Å². The second kappa shape index (κ2) is 9.13. The standard InChI is InChI=1S/C19H30N6O3/c1-14(26-2)19-21-17(28-23-19)13-25-5-3-4-15(11-25)18-16(10-20-22-18)12-24-6-8-27-9-7-24/h10,14-15H,3-9,11-13H2,1-2H3,(H,20,22)/t14-,15-/m0/s1. The smallest absolute Gasteiger partial charge is 0.240 e. The Bertz CT molecular complexity index is 742. The summed E-state index contributed by atoms with van der Waals surface area (Å²) in [5, 5.41) is 11.7. The Hall–Kier alpha value is -1.81. The number of morpholine rings is 1. The summed E-state index contributed by atoms with van der Waals surface area (Å²) in [4.78, 5) is 9.31. The molecule has 0 saturated carbocycles. The predicted octanol–water partition coefficient (Wildman–Crippen LogP) is 1.71. The molecule has 2 saturated heterocycles. The largest absolute Gasteiger partial charge is 0.379 e. The van der Waals surface area contributed by atoms with Gasteiger partial charge in [0.1, 0.15) is 6.10 Å². The van der Waals surface area contributed by atoms with Crippen LogP contribution in [-0.4, -0.2) is 76.6 Å². The van der Waals surface area contributed by atoms with Gasteiger partial charge in [0, 0.05) is 50.5 Å². The zero-order valence-electron chi connectivity index (χ0n) is 16.8. The van der Waals surface area contributed by atoms with E-state index in [0.29, 0.717) is 24.2 Å². The number of methoxy groups -OCH3 is 1. The molecule has 0 unspecified atom stereocenters. The van der Waals surface area contributed by atoms with Crippen LogP contribution >= 0.6 is 0 Å². The Morgan fingerprint density at radius 2 is 2.11 bits per heavy atom. The molecule has 2 aromatic heterocycles. The van der Waals surface area contributed by atoms with E-state index in [4.69, 9.17) is 14.0 Å². The third-order valence-electron chi connectivity index (χ3n) is 5.72. The van der Waals surface area contributed by atoms with E-state index < -0.39 is 0 Å². The number of aromatic nitrogens is 4. The first kappa shape index (κ1) is 19.5. The monoisotopic (exact) mass is 390 g/mol. The van der Waals surface area contributed by atoms with Crippen LogP contribution in [0.15, 0.2) is 10.7 Å². The topological polar surface area (TPSA) is 92.5 Å². The van der Waals surface area contributed by atoms with Crippen LogP contribution in [0.25, 0.3) is 0 Å². The second-order valence-electron chi connectivity index (χ2n) is 7.70. The zero-order valence-corrected chi connectivity index (χ0v) is 16.8.